The molecule has 0 spiro atoms. The van der Waals surface area contributed by atoms with Gasteiger partial charge in [0, 0.05) is 25.7 Å². The summed E-state index contributed by atoms with van der Waals surface area (Å²) in [5.74, 6) is 0.599. The van der Waals surface area contributed by atoms with Gasteiger partial charge in [0.1, 0.15) is 5.82 Å². The van der Waals surface area contributed by atoms with E-state index in [0.717, 1.165) is 44.6 Å². The van der Waals surface area contributed by atoms with Gasteiger partial charge < -0.3 is 4.57 Å². The molecule has 1 atom stereocenters. The van der Waals surface area contributed by atoms with Gasteiger partial charge in [-0.25, -0.2) is 0 Å². The molecule has 1 aliphatic heterocycles. The summed E-state index contributed by atoms with van der Waals surface area (Å²) >= 11 is 0. The largest absolute Gasteiger partial charge is 0.313 e. The summed E-state index contributed by atoms with van der Waals surface area (Å²) in [6.07, 6.45) is 7.34. The number of fused-ring (bicyclic) bond motifs is 1. The Morgan fingerprint density at radius 2 is 2.17 bits per heavy atom. The first-order valence-corrected chi connectivity index (χ1v) is 8.48. The van der Waals surface area contributed by atoms with Crippen LogP contribution < -0.4 is 0 Å². The molecule has 24 heavy (non-hydrogen) atoms. The Morgan fingerprint density at radius 1 is 1.33 bits per heavy atom. The molecule has 0 radical (unpaired) electrons. The molecule has 2 aromatic heterocycles. The van der Waals surface area contributed by atoms with Gasteiger partial charge in [-0.15, -0.1) is 10.2 Å². The van der Waals surface area contributed by atoms with E-state index >= 15 is 0 Å². The molecule has 0 aliphatic carbocycles. The minimum atomic E-state index is -0.930. The Kier molecular flexibility index (Phi) is 4.74. The predicted octanol–water partition coefficient (Wildman–Crippen LogP) is 2.35. The topological polar surface area (TPSA) is 89.4 Å². The summed E-state index contributed by atoms with van der Waals surface area (Å²) in [5, 5.41) is 22.1. The van der Waals surface area contributed by atoms with Gasteiger partial charge >= 0.3 is 0 Å². The fourth-order valence-electron chi connectivity index (χ4n) is 3.09. The highest BCUT2D eigenvalue weighted by molar-refractivity contribution is 6.01. The van der Waals surface area contributed by atoms with Gasteiger partial charge in [0.15, 0.2) is 17.5 Å². The Hall–Kier alpha value is -2.49. The molecule has 0 saturated carbocycles. The standard InChI is InChI=1S/C17H22N6O/c1-12(2)10-22-11-13(9-19-22)16(24)14(8-18)17-21-20-15-6-4-3-5-7-23(15)17/h9,11-12,14H,3-7,10H2,1-2H3. The highest BCUT2D eigenvalue weighted by Crippen LogP contribution is 2.23. The van der Waals surface area contributed by atoms with E-state index in [1.54, 1.807) is 10.9 Å². The maximum atomic E-state index is 12.8. The van der Waals surface area contributed by atoms with Crippen molar-refractivity contribution in [3.8, 4) is 6.07 Å². The number of aromatic nitrogens is 5. The Morgan fingerprint density at radius 3 is 2.92 bits per heavy atom. The Bertz CT molecular complexity index is 766. The van der Waals surface area contributed by atoms with E-state index in [1.165, 1.54) is 6.20 Å². The molecule has 7 heteroatoms. The van der Waals surface area contributed by atoms with Crippen LogP contribution in [0, 0.1) is 17.2 Å². The van der Waals surface area contributed by atoms with E-state index < -0.39 is 5.92 Å². The van der Waals surface area contributed by atoms with Crippen molar-refractivity contribution in [2.45, 2.75) is 58.5 Å². The molecular formula is C17H22N6O. The van der Waals surface area contributed by atoms with E-state index in [-0.39, 0.29) is 5.78 Å². The molecule has 1 aliphatic rings. The van der Waals surface area contributed by atoms with Gasteiger partial charge in [-0.1, -0.05) is 20.3 Å². The van der Waals surface area contributed by atoms with E-state index in [2.05, 4.69) is 35.2 Å². The lowest BCUT2D eigenvalue weighted by Gasteiger charge is -2.10. The first-order chi connectivity index (χ1) is 11.6. The highest BCUT2D eigenvalue weighted by Gasteiger charge is 2.29. The normalized spacial score (nSPS) is 15.6. The van der Waals surface area contributed by atoms with Crippen LogP contribution in [0.25, 0.3) is 0 Å². The molecule has 0 amide bonds. The van der Waals surface area contributed by atoms with Crippen molar-refractivity contribution in [1.82, 2.24) is 24.5 Å². The minimum absolute atomic E-state index is 0.257. The Balaban J connectivity index is 1.86. The molecule has 2 aromatic rings. The van der Waals surface area contributed by atoms with Crippen LogP contribution in [0.1, 0.15) is 61.0 Å². The van der Waals surface area contributed by atoms with E-state index in [0.29, 0.717) is 17.3 Å². The number of nitriles is 1. The molecule has 0 N–H and O–H groups in total. The molecule has 1 unspecified atom stereocenters. The summed E-state index contributed by atoms with van der Waals surface area (Å²) in [4.78, 5) is 12.8. The second-order valence-corrected chi connectivity index (χ2v) is 6.71. The SMILES string of the molecule is CC(C)Cn1cc(C(=O)C(C#N)c2nnc3n2CCCCC3)cn1. The van der Waals surface area contributed by atoms with Crippen LogP contribution in [0.3, 0.4) is 0 Å². The molecule has 0 fully saturated rings. The van der Waals surface area contributed by atoms with Gasteiger partial charge in [0.2, 0.25) is 0 Å². The molecular weight excluding hydrogens is 304 g/mol. The van der Waals surface area contributed by atoms with Crippen LogP contribution in [0.4, 0.5) is 0 Å². The van der Waals surface area contributed by atoms with E-state index in [1.807, 2.05) is 4.57 Å². The van der Waals surface area contributed by atoms with Crippen LogP contribution in [-0.4, -0.2) is 30.3 Å². The number of hydrogen-bond donors (Lipinski definition) is 0. The van der Waals surface area contributed by atoms with Crippen LogP contribution >= 0.6 is 0 Å². The molecule has 7 nitrogen and oxygen atoms in total. The number of Topliss-reactive ketones (excluding diaryl/α,β-unsaturated/α-hetero) is 1. The number of rotatable bonds is 5. The van der Waals surface area contributed by atoms with Crippen molar-refractivity contribution in [2.24, 2.45) is 5.92 Å². The van der Waals surface area contributed by atoms with Gasteiger partial charge in [-0.3, -0.25) is 9.48 Å². The summed E-state index contributed by atoms with van der Waals surface area (Å²) in [6, 6.07) is 2.11. The lowest BCUT2D eigenvalue weighted by atomic mass is 10.0. The summed E-state index contributed by atoms with van der Waals surface area (Å²) in [5.41, 5.74) is 0.452. The average molecular weight is 326 g/mol. The van der Waals surface area contributed by atoms with Crippen LogP contribution in [0.5, 0.6) is 0 Å². The number of ketones is 1. The third-order valence-electron chi connectivity index (χ3n) is 4.26. The van der Waals surface area contributed by atoms with Crippen molar-refractivity contribution in [3.63, 3.8) is 0 Å². The third-order valence-corrected chi connectivity index (χ3v) is 4.26. The fourth-order valence-corrected chi connectivity index (χ4v) is 3.09. The molecule has 3 heterocycles. The van der Waals surface area contributed by atoms with Gasteiger partial charge in [-0.05, 0) is 18.8 Å². The van der Waals surface area contributed by atoms with Crippen molar-refractivity contribution in [3.05, 3.63) is 29.6 Å². The maximum absolute atomic E-state index is 12.8. The number of nitrogens with zero attached hydrogens (tertiary/aromatic N) is 6. The number of hydrogen-bond acceptors (Lipinski definition) is 5. The number of carbonyl (C=O) groups excluding carboxylic acids is 1. The third kappa shape index (κ3) is 3.23. The number of carbonyl (C=O) groups is 1. The van der Waals surface area contributed by atoms with E-state index in [9.17, 15) is 10.1 Å². The zero-order valence-corrected chi connectivity index (χ0v) is 14.1. The van der Waals surface area contributed by atoms with Crippen molar-refractivity contribution < 1.29 is 4.79 Å². The molecule has 0 bridgehead atoms. The highest BCUT2D eigenvalue weighted by atomic mass is 16.1. The van der Waals surface area contributed by atoms with Crippen molar-refractivity contribution >= 4 is 5.78 Å². The van der Waals surface area contributed by atoms with E-state index in [4.69, 9.17) is 0 Å². The lowest BCUT2D eigenvalue weighted by Crippen LogP contribution is -2.17. The zero-order valence-electron chi connectivity index (χ0n) is 14.1. The zero-order chi connectivity index (χ0) is 17.1. The molecule has 126 valence electrons. The first-order valence-electron chi connectivity index (χ1n) is 8.48. The second-order valence-electron chi connectivity index (χ2n) is 6.71. The summed E-state index contributed by atoms with van der Waals surface area (Å²) < 4.78 is 3.70. The summed E-state index contributed by atoms with van der Waals surface area (Å²) in [7, 11) is 0. The van der Waals surface area contributed by atoms with Crippen LogP contribution in [0.2, 0.25) is 0 Å². The predicted molar refractivity (Wildman–Crippen MR) is 87.3 cm³/mol. The van der Waals surface area contributed by atoms with Crippen molar-refractivity contribution in [2.75, 3.05) is 0 Å². The number of aryl methyl sites for hydroxylation is 1. The van der Waals surface area contributed by atoms with Crippen LogP contribution in [-0.2, 0) is 19.5 Å². The first kappa shape index (κ1) is 16.4. The monoisotopic (exact) mass is 326 g/mol. The lowest BCUT2D eigenvalue weighted by molar-refractivity contribution is 0.0974. The average Bonchev–Trinajstić information content (AvgIpc) is 3.09. The summed E-state index contributed by atoms with van der Waals surface area (Å²) in [6.45, 7) is 5.69. The van der Waals surface area contributed by atoms with Gasteiger partial charge in [0.25, 0.3) is 0 Å². The molecule has 3 rings (SSSR count). The molecule has 0 saturated heterocycles. The molecule has 0 aromatic carbocycles. The maximum Gasteiger partial charge on any atom is 0.190 e. The fraction of sp³-hybridized carbons (Fsp3) is 0.588. The van der Waals surface area contributed by atoms with Gasteiger partial charge in [-0.2, -0.15) is 10.4 Å². The smallest absolute Gasteiger partial charge is 0.190 e. The van der Waals surface area contributed by atoms with Crippen LogP contribution in [0.15, 0.2) is 12.4 Å². The van der Waals surface area contributed by atoms with Crippen molar-refractivity contribution in [1.29, 1.82) is 5.26 Å². The van der Waals surface area contributed by atoms with Gasteiger partial charge in [0.05, 0.1) is 17.8 Å². The second kappa shape index (κ2) is 6.95. The minimum Gasteiger partial charge on any atom is -0.313 e. The Labute approximate surface area is 141 Å². The quantitative estimate of drug-likeness (QED) is 0.787.